The highest BCUT2D eigenvalue weighted by Crippen LogP contribution is 2.27. The van der Waals surface area contributed by atoms with Crippen LogP contribution < -0.4 is 5.32 Å². The molecule has 0 aromatic carbocycles. The molecule has 1 rings (SSSR count). The minimum absolute atomic E-state index is 0.741. The zero-order valence-corrected chi connectivity index (χ0v) is 10.1. The maximum Gasteiger partial charge on any atom is 0.0217 e. The molecule has 0 aromatic rings. The predicted octanol–water partition coefficient (Wildman–Crippen LogP) is 2.11. The molecule has 2 heteroatoms. The molecule has 0 saturated heterocycles. The molecule has 1 unspecified atom stereocenters. The van der Waals surface area contributed by atoms with Gasteiger partial charge in [-0.1, -0.05) is 20.3 Å². The number of nitrogens with zero attached hydrogens (tertiary/aromatic N) is 1. The van der Waals surface area contributed by atoms with E-state index < -0.39 is 0 Å². The molecule has 0 radical (unpaired) electrons. The molecule has 0 aromatic heterocycles. The lowest BCUT2D eigenvalue weighted by Gasteiger charge is -2.36. The van der Waals surface area contributed by atoms with Gasteiger partial charge >= 0.3 is 0 Å². The van der Waals surface area contributed by atoms with E-state index in [0.717, 1.165) is 18.5 Å². The van der Waals surface area contributed by atoms with Crippen LogP contribution in [0.1, 0.15) is 39.5 Å². The Hall–Kier alpha value is -0.0800. The van der Waals surface area contributed by atoms with Gasteiger partial charge in [0.2, 0.25) is 0 Å². The summed E-state index contributed by atoms with van der Waals surface area (Å²) in [4.78, 5) is 2.65. The Morgan fingerprint density at radius 2 is 2.07 bits per heavy atom. The fourth-order valence-corrected chi connectivity index (χ4v) is 2.31. The van der Waals surface area contributed by atoms with E-state index in [4.69, 9.17) is 0 Å². The highest BCUT2D eigenvalue weighted by Gasteiger charge is 2.23. The summed E-state index contributed by atoms with van der Waals surface area (Å²) in [5, 5.41) is 3.30. The fraction of sp³-hybridized carbons (Fsp3) is 1.00. The molecule has 0 spiro atoms. The zero-order chi connectivity index (χ0) is 10.4. The SMILES string of the molecule is CCC(CNC)N(CC)CC1CCC1. The Morgan fingerprint density at radius 3 is 2.43 bits per heavy atom. The molecule has 1 aliphatic rings. The van der Waals surface area contributed by atoms with Gasteiger partial charge in [-0.2, -0.15) is 0 Å². The van der Waals surface area contributed by atoms with Crippen molar-refractivity contribution in [2.45, 2.75) is 45.6 Å². The van der Waals surface area contributed by atoms with Crippen molar-refractivity contribution >= 4 is 0 Å². The standard InChI is InChI=1S/C12H26N2/c1-4-12(9-13-3)14(5-2)10-11-7-6-8-11/h11-13H,4-10H2,1-3H3. The van der Waals surface area contributed by atoms with Crippen molar-refractivity contribution in [3.8, 4) is 0 Å². The minimum Gasteiger partial charge on any atom is -0.318 e. The van der Waals surface area contributed by atoms with Crippen LogP contribution >= 0.6 is 0 Å². The first kappa shape index (κ1) is 12.0. The van der Waals surface area contributed by atoms with Gasteiger partial charge in [0.25, 0.3) is 0 Å². The zero-order valence-electron chi connectivity index (χ0n) is 10.1. The van der Waals surface area contributed by atoms with Crippen LogP contribution in [0.4, 0.5) is 0 Å². The lowest BCUT2D eigenvalue weighted by Crippen LogP contribution is -2.44. The van der Waals surface area contributed by atoms with Gasteiger partial charge in [0.05, 0.1) is 0 Å². The van der Waals surface area contributed by atoms with Crippen molar-refractivity contribution in [1.29, 1.82) is 0 Å². The third kappa shape index (κ3) is 3.25. The average molecular weight is 198 g/mol. The van der Waals surface area contributed by atoms with Crippen molar-refractivity contribution in [3.05, 3.63) is 0 Å². The van der Waals surface area contributed by atoms with Gasteiger partial charge in [-0.3, -0.25) is 4.90 Å². The van der Waals surface area contributed by atoms with Crippen LogP contribution in [0.3, 0.4) is 0 Å². The van der Waals surface area contributed by atoms with Gasteiger partial charge in [-0.15, -0.1) is 0 Å². The number of likely N-dealkylation sites (N-methyl/N-ethyl adjacent to an activating group) is 2. The highest BCUT2D eigenvalue weighted by atomic mass is 15.2. The second-order valence-electron chi connectivity index (χ2n) is 4.50. The summed E-state index contributed by atoms with van der Waals surface area (Å²) in [6.45, 7) is 8.26. The fourth-order valence-electron chi connectivity index (χ4n) is 2.31. The monoisotopic (exact) mass is 198 g/mol. The molecule has 14 heavy (non-hydrogen) atoms. The summed E-state index contributed by atoms with van der Waals surface area (Å²) in [5.41, 5.74) is 0. The molecule has 2 nitrogen and oxygen atoms in total. The van der Waals surface area contributed by atoms with Crippen molar-refractivity contribution in [2.24, 2.45) is 5.92 Å². The largest absolute Gasteiger partial charge is 0.318 e. The van der Waals surface area contributed by atoms with Gasteiger partial charge in [0, 0.05) is 19.1 Å². The summed E-state index contributed by atoms with van der Waals surface area (Å²) in [6.07, 6.45) is 5.66. The predicted molar refractivity (Wildman–Crippen MR) is 62.6 cm³/mol. The molecule has 0 aliphatic heterocycles. The molecule has 1 saturated carbocycles. The number of hydrogen-bond donors (Lipinski definition) is 1. The topological polar surface area (TPSA) is 15.3 Å². The Bertz CT molecular complexity index is 143. The maximum atomic E-state index is 3.30. The second-order valence-corrected chi connectivity index (χ2v) is 4.50. The molecule has 1 atom stereocenters. The van der Waals surface area contributed by atoms with Crippen LogP contribution in [0.2, 0.25) is 0 Å². The smallest absolute Gasteiger partial charge is 0.0217 e. The van der Waals surface area contributed by atoms with E-state index in [-0.39, 0.29) is 0 Å². The lowest BCUT2D eigenvalue weighted by atomic mass is 9.85. The Labute approximate surface area is 89.1 Å². The second kappa shape index (κ2) is 6.41. The number of rotatable bonds is 7. The van der Waals surface area contributed by atoms with Crippen molar-refractivity contribution in [2.75, 3.05) is 26.7 Å². The van der Waals surface area contributed by atoms with E-state index in [2.05, 4.69) is 31.1 Å². The third-order valence-electron chi connectivity index (χ3n) is 3.55. The molecule has 0 bridgehead atoms. The van der Waals surface area contributed by atoms with E-state index in [1.54, 1.807) is 0 Å². The van der Waals surface area contributed by atoms with E-state index in [9.17, 15) is 0 Å². The van der Waals surface area contributed by atoms with Gasteiger partial charge < -0.3 is 5.32 Å². The van der Waals surface area contributed by atoms with Gasteiger partial charge in [-0.05, 0) is 38.8 Å². The van der Waals surface area contributed by atoms with Gasteiger partial charge in [0.15, 0.2) is 0 Å². The van der Waals surface area contributed by atoms with Crippen LogP contribution in [0.25, 0.3) is 0 Å². The molecule has 1 fully saturated rings. The van der Waals surface area contributed by atoms with Crippen LogP contribution in [0.5, 0.6) is 0 Å². The van der Waals surface area contributed by atoms with E-state index in [1.807, 2.05) is 0 Å². The molecular formula is C12H26N2. The summed E-state index contributed by atoms with van der Waals surface area (Å²) in [5.74, 6) is 1.00. The van der Waals surface area contributed by atoms with Gasteiger partial charge in [-0.25, -0.2) is 0 Å². The van der Waals surface area contributed by atoms with E-state index >= 15 is 0 Å². The van der Waals surface area contributed by atoms with Crippen LogP contribution in [0.15, 0.2) is 0 Å². The average Bonchev–Trinajstić information content (AvgIpc) is 2.14. The summed E-state index contributed by atoms with van der Waals surface area (Å²) >= 11 is 0. The van der Waals surface area contributed by atoms with Gasteiger partial charge in [0.1, 0.15) is 0 Å². The van der Waals surface area contributed by atoms with E-state index in [0.29, 0.717) is 0 Å². The minimum atomic E-state index is 0.741. The van der Waals surface area contributed by atoms with Crippen molar-refractivity contribution < 1.29 is 0 Å². The first-order valence-electron chi connectivity index (χ1n) is 6.20. The molecule has 0 heterocycles. The highest BCUT2D eigenvalue weighted by molar-refractivity contribution is 4.78. The summed E-state index contributed by atoms with van der Waals surface area (Å²) in [6, 6.07) is 0.741. The Balaban J connectivity index is 2.32. The summed E-state index contributed by atoms with van der Waals surface area (Å²) in [7, 11) is 2.06. The van der Waals surface area contributed by atoms with E-state index in [1.165, 1.54) is 38.8 Å². The lowest BCUT2D eigenvalue weighted by molar-refractivity contribution is 0.134. The van der Waals surface area contributed by atoms with Crippen molar-refractivity contribution in [1.82, 2.24) is 10.2 Å². The first-order chi connectivity index (χ1) is 6.81. The Kier molecular flexibility index (Phi) is 5.49. The first-order valence-corrected chi connectivity index (χ1v) is 6.20. The van der Waals surface area contributed by atoms with Crippen molar-refractivity contribution in [3.63, 3.8) is 0 Å². The van der Waals surface area contributed by atoms with Crippen LogP contribution in [-0.4, -0.2) is 37.6 Å². The third-order valence-corrected chi connectivity index (χ3v) is 3.55. The quantitative estimate of drug-likeness (QED) is 0.674. The maximum absolute atomic E-state index is 3.30. The van der Waals surface area contributed by atoms with Crippen LogP contribution in [0, 0.1) is 5.92 Å². The number of nitrogens with one attached hydrogen (secondary N) is 1. The molecule has 0 amide bonds. The summed E-state index contributed by atoms with van der Waals surface area (Å²) < 4.78 is 0. The molecule has 1 aliphatic carbocycles. The Morgan fingerprint density at radius 1 is 1.36 bits per heavy atom. The molecule has 1 N–H and O–H groups in total. The normalized spacial score (nSPS) is 19.7. The number of hydrogen-bond acceptors (Lipinski definition) is 2. The molecular weight excluding hydrogens is 172 g/mol. The van der Waals surface area contributed by atoms with Crippen LogP contribution in [-0.2, 0) is 0 Å². The molecule has 84 valence electrons.